The van der Waals surface area contributed by atoms with Crippen molar-refractivity contribution in [2.45, 2.75) is 6.92 Å². The van der Waals surface area contributed by atoms with E-state index in [0.29, 0.717) is 43.2 Å². The lowest BCUT2D eigenvalue weighted by Crippen LogP contribution is -2.50. The number of rotatable bonds is 2. The number of hydrogen-bond donors (Lipinski definition) is 0. The van der Waals surface area contributed by atoms with Gasteiger partial charge >= 0.3 is 0 Å². The molecule has 0 saturated carbocycles. The molecule has 1 saturated heterocycles. The molecule has 0 bridgehead atoms. The van der Waals surface area contributed by atoms with E-state index in [2.05, 4.69) is 10.3 Å². The van der Waals surface area contributed by atoms with Crippen LogP contribution < -0.4 is 0 Å². The molecule has 4 rings (SSSR count). The average Bonchev–Trinajstić information content (AvgIpc) is 3.27. The third-order valence-electron chi connectivity index (χ3n) is 4.36. The quantitative estimate of drug-likeness (QED) is 0.701. The Hall–Kier alpha value is -3.16. The molecule has 0 N–H and O–H groups in total. The smallest absolute Gasteiger partial charge is 0.276 e. The molecule has 3 aromatic heterocycles. The second kappa shape index (κ2) is 6.04. The van der Waals surface area contributed by atoms with Crippen molar-refractivity contribution in [1.82, 2.24) is 24.6 Å². The maximum atomic E-state index is 12.8. The number of hydrogen-bond acceptors (Lipinski definition) is 5. The van der Waals surface area contributed by atoms with Crippen LogP contribution in [0.5, 0.6) is 0 Å². The van der Waals surface area contributed by atoms with Gasteiger partial charge in [0.05, 0.1) is 17.3 Å². The van der Waals surface area contributed by atoms with Gasteiger partial charge in [0.1, 0.15) is 5.76 Å². The molecule has 128 valence electrons. The maximum absolute atomic E-state index is 12.8. The molecule has 2 amide bonds. The van der Waals surface area contributed by atoms with E-state index < -0.39 is 0 Å². The van der Waals surface area contributed by atoms with E-state index in [1.807, 2.05) is 24.4 Å². The van der Waals surface area contributed by atoms with Gasteiger partial charge in [-0.3, -0.25) is 9.59 Å². The zero-order valence-corrected chi connectivity index (χ0v) is 13.8. The Morgan fingerprint density at radius 2 is 1.80 bits per heavy atom. The fourth-order valence-electron chi connectivity index (χ4n) is 3.01. The summed E-state index contributed by atoms with van der Waals surface area (Å²) < 4.78 is 6.63. The van der Waals surface area contributed by atoms with E-state index in [0.717, 1.165) is 5.52 Å². The molecular formula is C17H17N5O3. The third-order valence-corrected chi connectivity index (χ3v) is 4.36. The van der Waals surface area contributed by atoms with Crippen molar-refractivity contribution in [2.24, 2.45) is 0 Å². The van der Waals surface area contributed by atoms with Gasteiger partial charge in [-0.15, -0.1) is 0 Å². The predicted molar refractivity (Wildman–Crippen MR) is 88.2 cm³/mol. The number of fused-ring (bicyclic) bond motifs is 1. The first-order valence-electron chi connectivity index (χ1n) is 8.08. The van der Waals surface area contributed by atoms with Crippen LogP contribution in [0, 0.1) is 6.92 Å². The van der Waals surface area contributed by atoms with Crippen molar-refractivity contribution in [3.8, 4) is 0 Å². The molecule has 3 aromatic rings. The van der Waals surface area contributed by atoms with E-state index in [9.17, 15) is 9.59 Å². The van der Waals surface area contributed by atoms with Crippen molar-refractivity contribution in [1.29, 1.82) is 0 Å². The summed E-state index contributed by atoms with van der Waals surface area (Å²) in [5.74, 6) is 0.371. The Balaban J connectivity index is 1.45. The highest BCUT2D eigenvalue weighted by molar-refractivity contribution is 6.00. The zero-order valence-electron chi connectivity index (χ0n) is 13.8. The molecule has 0 spiro atoms. The summed E-state index contributed by atoms with van der Waals surface area (Å²) in [7, 11) is 0. The molecule has 0 aliphatic carbocycles. The fraction of sp³-hybridized carbons (Fsp3) is 0.294. The minimum Gasteiger partial charge on any atom is -0.361 e. The summed E-state index contributed by atoms with van der Waals surface area (Å²) in [6, 6.07) is 7.24. The van der Waals surface area contributed by atoms with E-state index in [-0.39, 0.29) is 11.8 Å². The van der Waals surface area contributed by atoms with Gasteiger partial charge in [0, 0.05) is 38.4 Å². The molecule has 0 atom stereocenters. The van der Waals surface area contributed by atoms with E-state index in [1.54, 1.807) is 33.5 Å². The first-order valence-corrected chi connectivity index (χ1v) is 8.08. The second-order valence-corrected chi connectivity index (χ2v) is 6.00. The molecule has 0 radical (unpaired) electrons. The SMILES string of the molecule is Cc1cc(C(=O)N2CCN(C(=O)c3cnn4ccccc34)CC2)no1. The Morgan fingerprint density at radius 1 is 1.08 bits per heavy atom. The van der Waals surface area contributed by atoms with Crippen LogP contribution in [0.2, 0.25) is 0 Å². The maximum Gasteiger partial charge on any atom is 0.276 e. The van der Waals surface area contributed by atoms with Crippen LogP contribution in [-0.4, -0.2) is 62.6 Å². The number of aryl methyl sites for hydroxylation is 1. The molecule has 1 fully saturated rings. The summed E-state index contributed by atoms with van der Waals surface area (Å²) in [4.78, 5) is 28.6. The van der Waals surface area contributed by atoms with Crippen LogP contribution in [0.15, 0.2) is 41.2 Å². The first kappa shape index (κ1) is 15.4. The molecule has 4 heterocycles. The van der Waals surface area contributed by atoms with Crippen LogP contribution >= 0.6 is 0 Å². The Labute approximate surface area is 143 Å². The van der Waals surface area contributed by atoms with E-state index >= 15 is 0 Å². The number of piperazine rings is 1. The highest BCUT2D eigenvalue weighted by Gasteiger charge is 2.28. The molecule has 0 aromatic carbocycles. The predicted octanol–water partition coefficient (Wildman–Crippen LogP) is 1.23. The second-order valence-electron chi connectivity index (χ2n) is 6.00. The molecule has 8 nitrogen and oxygen atoms in total. The Kier molecular flexibility index (Phi) is 3.72. The molecule has 1 aliphatic rings. The summed E-state index contributed by atoms with van der Waals surface area (Å²) in [6.07, 6.45) is 3.40. The third kappa shape index (κ3) is 2.75. The van der Waals surface area contributed by atoms with Crippen molar-refractivity contribution < 1.29 is 14.1 Å². The summed E-state index contributed by atoms with van der Waals surface area (Å²) >= 11 is 0. The number of carbonyl (C=O) groups is 2. The first-order chi connectivity index (χ1) is 12.1. The summed E-state index contributed by atoms with van der Waals surface area (Å²) in [6.45, 7) is 3.64. The number of carbonyl (C=O) groups excluding carboxylic acids is 2. The van der Waals surface area contributed by atoms with Gasteiger partial charge in [-0.2, -0.15) is 5.10 Å². The molecular weight excluding hydrogens is 322 g/mol. The lowest BCUT2D eigenvalue weighted by atomic mass is 10.2. The van der Waals surface area contributed by atoms with Gasteiger partial charge < -0.3 is 14.3 Å². The van der Waals surface area contributed by atoms with Crippen molar-refractivity contribution >= 4 is 17.3 Å². The lowest BCUT2D eigenvalue weighted by molar-refractivity contribution is 0.0531. The van der Waals surface area contributed by atoms with Gasteiger partial charge in [0.2, 0.25) is 0 Å². The molecule has 0 unspecified atom stereocenters. The topological polar surface area (TPSA) is 84.0 Å². The van der Waals surface area contributed by atoms with Crippen LogP contribution in [-0.2, 0) is 0 Å². The van der Waals surface area contributed by atoms with Crippen LogP contribution in [0.25, 0.3) is 5.52 Å². The van der Waals surface area contributed by atoms with Gasteiger partial charge in [-0.25, -0.2) is 4.52 Å². The molecule has 25 heavy (non-hydrogen) atoms. The largest absolute Gasteiger partial charge is 0.361 e. The van der Waals surface area contributed by atoms with Crippen molar-refractivity contribution in [2.75, 3.05) is 26.2 Å². The van der Waals surface area contributed by atoms with Crippen molar-refractivity contribution in [3.05, 3.63) is 53.7 Å². The number of nitrogens with zero attached hydrogens (tertiary/aromatic N) is 5. The van der Waals surface area contributed by atoms with Gasteiger partial charge in [0.25, 0.3) is 11.8 Å². The molecule has 8 heteroatoms. The average molecular weight is 339 g/mol. The van der Waals surface area contributed by atoms with Crippen molar-refractivity contribution in [3.63, 3.8) is 0 Å². The minimum atomic E-state index is -0.167. The number of aromatic nitrogens is 3. The molecule has 1 aliphatic heterocycles. The normalized spacial score (nSPS) is 14.9. The lowest BCUT2D eigenvalue weighted by Gasteiger charge is -2.34. The summed E-state index contributed by atoms with van der Waals surface area (Å²) in [5, 5.41) is 7.97. The minimum absolute atomic E-state index is 0.0643. The van der Waals surface area contributed by atoms with Gasteiger partial charge in [0.15, 0.2) is 5.69 Å². The standard InChI is InChI=1S/C17H17N5O3/c1-12-10-14(19-25-12)17(24)21-8-6-20(7-9-21)16(23)13-11-18-22-5-3-2-4-15(13)22/h2-5,10-11H,6-9H2,1H3. The van der Waals surface area contributed by atoms with E-state index in [1.165, 1.54) is 0 Å². The Morgan fingerprint density at radius 3 is 2.48 bits per heavy atom. The van der Waals surface area contributed by atoms with Crippen LogP contribution in [0.1, 0.15) is 26.6 Å². The van der Waals surface area contributed by atoms with Crippen LogP contribution in [0.3, 0.4) is 0 Å². The number of pyridine rings is 1. The summed E-state index contributed by atoms with van der Waals surface area (Å²) in [5.41, 5.74) is 1.66. The zero-order chi connectivity index (χ0) is 17.4. The van der Waals surface area contributed by atoms with Crippen LogP contribution in [0.4, 0.5) is 0 Å². The highest BCUT2D eigenvalue weighted by Crippen LogP contribution is 2.15. The number of amides is 2. The monoisotopic (exact) mass is 339 g/mol. The fourth-order valence-corrected chi connectivity index (χ4v) is 3.01. The van der Waals surface area contributed by atoms with Gasteiger partial charge in [-0.1, -0.05) is 11.2 Å². The van der Waals surface area contributed by atoms with Gasteiger partial charge in [-0.05, 0) is 19.1 Å². The Bertz CT molecular complexity index is 937. The van der Waals surface area contributed by atoms with E-state index in [4.69, 9.17) is 4.52 Å². The highest BCUT2D eigenvalue weighted by atomic mass is 16.5.